The van der Waals surface area contributed by atoms with Crippen LogP contribution in [0.15, 0.2) is 60.7 Å². The van der Waals surface area contributed by atoms with Crippen LogP contribution in [0.5, 0.6) is 0 Å². The Morgan fingerprint density at radius 1 is 1.00 bits per heavy atom. The highest BCUT2D eigenvalue weighted by Gasteiger charge is 2.20. The summed E-state index contributed by atoms with van der Waals surface area (Å²) in [7, 11) is 0. The third kappa shape index (κ3) is 11.2. The summed E-state index contributed by atoms with van der Waals surface area (Å²) >= 11 is 0. The van der Waals surface area contributed by atoms with Gasteiger partial charge in [0, 0.05) is 0 Å². The largest absolute Gasteiger partial charge is 0.480 e. The van der Waals surface area contributed by atoms with Gasteiger partial charge >= 0.3 is 12.1 Å². The molecule has 0 aromatic heterocycles. The molecule has 2 aromatic rings. The number of nitrogens with one attached hydrogen (secondary N) is 2. The molecule has 0 heterocycles. The number of carboxylic acid groups (broad SMARTS) is 1. The third-order valence-corrected chi connectivity index (χ3v) is 3.75. The van der Waals surface area contributed by atoms with Crippen molar-refractivity contribution in [1.29, 1.82) is 0 Å². The van der Waals surface area contributed by atoms with Gasteiger partial charge in [0.2, 0.25) is 5.91 Å². The van der Waals surface area contributed by atoms with Crippen molar-refractivity contribution in [2.75, 3.05) is 6.54 Å². The molecule has 0 aliphatic heterocycles. The van der Waals surface area contributed by atoms with E-state index in [0.29, 0.717) is 12.8 Å². The number of aryl methyl sites for hydroxylation is 1. The predicted octanol–water partition coefficient (Wildman–Crippen LogP) is 3.28. The van der Waals surface area contributed by atoms with E-state index in [2.05, 4.69) is 29.7 Å². The van der Waals surface area contributed by atoms with Gasteiger partial charge in [-0.25, -0.2) is 4.79 Å². The Hall–Kier alpha value is -3.35. The molecule has 0 radical (unpaired) electrons. The van der Waals surface area contributed by atoms with E-state index in [1.807, 2.05) is 55.5 Å². The van der Waals surface area contributed by atoms with E-state index in [1.54, 1.807) is 0 Å². The molecule has 0 aliphatic carbocycles. The second-order valence-corrected chi connectivity index (χ2v) is 6.31. The van der Waals surface area contributed by atoms with Gasteiger partial charge in [0.1, 0.15) is 19.2 Å². The zero-order chi connectivity index (χ0) is 21.5. The van der Waals surface area contributed by atoms with Gasteiger partial charge in [-0.2, -0.15) is 0 Å². The fourth-order valence-electron chi connectivity index (χ4n) is 2.28. The van der Waals surface area contributed by atoms with Crippen LogP contribution in [0, 0.1) is 6.92 Å². The summed E-state index contributed by atoms with van der Waals surface area (Å²) in [4.78, 5) is 34.0. The number of rotatable bonds is 8. The Kier molecular flexibility index (Phi) is 11.2. The quantitative estimate of drug-likeness (QED) is 0.631. The number of alkyl carbamates (subject to hydrolysis) is 1. The monoisotopic (exact) mass is 400 g/mol. The third-order valence-electron chi connectivity index (χ3n) is 3.75. The van der Waals surface area contributed by atoms with Gasteiger partial charge in [-0.05, 0) is 18.9 Å². The molecule has 7 nitrogen and oxygen atoms in total. The molecule has 0 saturated heterocycles. The summed E-state index contributed by atoms with van der Waals surface area (Å²) in [5.74, 6) is -1.68. The fourth-order valence-corrected chi connectivity index (χ4v) is 2.28. The van der Waals surface area contributed by atoms with Crippen molar-refractivity contribution in [3.05, 3.63) is 71.8 Å². The minimum Gasteiger partial charge on any atom is -0.480 e. The second kappa shape index (κ2) is 13.8. The van der Waals surface area contributed by atoms with E-state index < -0.39 is 30.6 Å². The van der Waals surface area contributed by atoms with E-state index in [-0.39, 0.29) is 6.61 Å². The van der Waals surface area contributed by atoms with E-state index in [4.69, 9.17) is 9.84 Å². The number of benzene rings is 2. The number of carbonyl (C=O) groups is 3. The maximum atomic E-state index is 11.8. The molecule has 2 amide bonds. The van der Waals surface area contributed by atoms with Gasteiger partial charge in [0.05, 0.1) is 0 Å². The average molecular weight is 400 g/mol. The lowest BCUT2D eigenvalue weighted by molar-refractivity contribution is -0.138. The van der Waals surface area contributed by atoms with Crippen LogP contribution in [0.4, 0.5) is 4.79 Å². The van der Waals surface area contributed by atoms with Crippen molar-refractivity contribution >= 4 is 18.0 Å². The summed E-state index contributed by atoms with van der Waals surface area (Å²) < 4.78 is 5.03. The van der Waals surface area contributed by atoms with Crippen molar-refractivity contribution in [2.45, 2.75) is 39.3 Å². The summed E-state index contributed by atoms with van der Waals surface area (Å²) in [5, 5.41) is 13.2. The number of amides is 2. The Morgan fingerprint density at radius 2 is 1.59 bits per heavy atom. The minimum absolute atomic E-state index is 0.0995. The lowest BCUT2D eigenvalue weighted by atomic mass is 10.1. The molecule has 0 aliphatic rings. The number of hydrogen-bond donors (Lipinski definition) is 3. The number of aliphatic carboxylic acids is 1. The molecule has 0 bridgehead atoms. The Morgan fingerprint density at radius 3 is 2.07 bits per heavy atom. The van der Waals surface area contributed by atoms with Gasteiger partial charge < -0.3 is 20.5 Å². The van der Waals surface area contributed by atoms with E-state index in [1.165, 1.54) is 5.56 Å². The highest BCUT2D eigenvalue weighted by atomic mass is 16.5. The molecule has 1 atom stereocenters. The van der Waals surface area contributed by atoms with Crippen molar-refractivity contribution in [1.82, 2.24) is 10.6 Å². The second-order valence-electron chi connectivity index (χ2n) is 6.31. The lowest BCUT2D eigenvalue weighted by Crippen LogP contribution is -2.47. The summed E-state index contributed by atoms with van der Waals surface area (Å²) in [6.07, 6.45) is 0.337. The minimum atomic E-state index is -1.14. The van der Waals surface area contributed by atoms with Crippen LogP contribution < -0.4 is 10.6 Å². The molecule has 2 rings (SSSR count). The maximum absolute atomic E-state index is 11.8. The van der Waals surface area contributed by atoms with Crippen LogP contribution in [-0.2, 0) is 20.9 Å². The lowest BCUT2D eigenvalue weighted by Gasteiger charge is -2.17. The standard InChI is InChI=1S/C15H20N2O5.C7H8/c1-2-6-12(14(20)16-9-13(18)19)17-15(21)22-10-11-7-4-3-5-8-11;1-7-5-3-2-4-6-7/h3-5,7-8,12H,2,6,9-10H2,1H3,(H,16,20)(H,17,21)(H,18,19);2-6H,1H3. The molecule has 1 unspecified atom stereocenters. The van der Waals surface area contributed by atoms with Gasteiger partial charge in [-0.15, -0.1) is 0 Å². The van der Waals surface area contributed by atoms with Gasteiger partial charge in [0.25, 0.3) is 0 Å². The number of carboxylic acids is 1. The maximum Gasteiger partial charge on any atom is 0.408 e. The summed E-state index contributed by atoms with van der Waals surface area (Å²) in [6, 6.07) is 18.6. The highest BCUT2D eigenvalue weighted by molar-refractivity contribution is 5.87. The topological polar surface area (TPSA) is 105 Å². The molecule has 2 aromatic carbocycles. The molecular formula is C22H28N2O5. The van der Waals surface area contributed by atoms with Gasteiger partial charge in [0.15, 0.2) is 0 Å². The normalized spacial score (nSPS) is 10.7. The van der Waals surface area contributed by atoms with Crippen LogP contribution in [0.3, 0.4) is 0 Å². The van der Waals surface area contributed by atoms with E-state index >= 15 is 0 Å². The molecule has 0 saturated carbocycles. The molecule has 156 valence electrons. The van der Waals surface area contributed by atoms with Crippen molar-refractivity contribution in [2.24, 2.45) is 0 Å². The molecule has 0 fully saturated rings. The van der Waals surface area contributed by atoms with Crippen LogP contribution in [0.1, 0.15) is 30.9 Å². The van der Waals surface area contributed by atoms with Crippen molar-refractivity contribution in [3.8, 4) is 0 Å². The zero-order valence-electron chi connectivity index (χ0n) is 16.8. The molecule has 0 spiro atoms. The predicted molar refractivity (Wildman–Crippen MR) is 110 cm³/mol. The Bertz CT molecular complexity index is 750. The van der Waals surface area contributed by atoms with E-state index in [9.17, 15) is 14.4 Å². The highest BCUT2D eigenvalue weighted by Crippen LogP contribution is 2.02. The Balaban J connectivity index is 0.000000502. The first-order valence-electron chi connectivity index (χ1n) is 9.40. The number of carbonyl (C=O) groups excluding carboxylic acids is 2. The SMILES string of the molecule is CCCC(NC(=O)OCc1ccccc1)C(=O)NCC(=O)O.Cc1ccccc1. The molecule has 3 N–H and O–H groups in total. The fraction of sp³-hybridized carbons (Fsp3) is 0.318. The molecular weight excluding hydrogens is 372 g/mol. The summed E-state index contributed by atoms with van der Waals surface area (Å²) in [6.45, 7) is 3.55. The van der Waals surface area contributed by atoms with Gasteiger partial charge in [-0.3, -0.25) is 9.59 Å². The van der Waals surface area contributed by atoms with Crippen LogP contribution in [0.25, 0.3) is 0 Å². The zero-order valence-corrected chi connectivity index (χ0v) is 16.8. The smallest absolute Gasteiger partial charge is 0.408 e. The van der Waals surface area contributed by atoms with Crippen molar-refractivity contribution < 1.29 is 24.2 Å². The van der Waals surface area contributed by atoms with Crippen LogP contribution >= 0.6 is 0 Å². The molecule has 29 heavy (non-hydrogen) atoms. The summed E-state index contributed by atoms with van der Waals surface area (Å²) in [5.41, 5.74) is 2.16. The number of ether oxygens (including phenoxy) is 1. The number of hydrogen-bond acceptors (Lipinski definition) is 4. The van der Waals surface area contributed by atoms with Crippen molar-refractivity contribution in [3.63, 3.8) is 0 Å². The average Bonchev–Trinajstić information content (AvgIpc) is 2.72. The molecule has 7 heteroatoms. The van der Waals surface area contributed by atoms with Crippen LogP contribution in [-0.4, -0.2) is 35.7 Å². The van der Waals surface area contributed by atoms with Crippen LogP contribution in [0.2, 0.25) is 0 Å². The first-order valence-corrected chi connectivity index (χ1v) is 9.40. The first kappa shape index (κ1) is 23.7. The van der Waals surface area contributed by atoms with Gasteiger partial charge in [-0.1, -0.05) is 79.6 Å². The Labute approximate surface area is 171 Å². The first-order chi connectivity index (χ1) is 13.9. The van der Waals surface area contributed by atoms with E-state index in [0.717, 1.165) is 5.56 Å².